The van der Waals surface area contributed by atoms with Crippen molar-refractivity contribution in [2.45, 2.75) is 106 Å². The molecule has 0 spiro atoms. The van der Waals surface area contributed by atoms with Crippen LogP contribution in [0.4, 0.5) is 9.59 Å². The molecule has 1 aromatic carbocycles. The first kappa shape index (κ1) is 35.4. The number of nitrogens with one attached hydrogen (secondary N) is 2. The second kappa shape index (κ2) is 14.8. The zero-order chi connectivity index (χ0) is 32.0. The van der Waals surface area contributed by atoms with Gasteiger partial charge in [-0.15, -0.1) is 0 Å². The topological polar surface area (TPSA) is 151 Å². The molecule has 6 atom stereocenters. The van der Waals surface area contributed by atoms with Gasteiger partial charge in [0.05, 0.1) is 18.8 Å². The lowest BCUT2D eigenvalue weighted by Gasteiger charge is -2.50. The second-order valence-corrected chi connectivity index (χ2v) is 14.2. The average molecular weight is 670 g/mol. The maximum atomic E-state index is 13.1. The number of carbonyl (C=O) groups excluding carboxylic acids is 3. The molecule has 2 heterocycles. The molecular weight excluding hydrogens is 631 g/mol. The predicted molar refractivity (Wildman–Crippen MR) is 157 cm³/mol. The number of alkyl halides is 3. The van der Waals surface area contributed by atoms with Gasteiger partial charge < -0.3 is 44.2 Å². The average Bonchev–Trinajstić information content (AvgIpc) is 2.89. The molecule has 2 aliphatic rings. The van der Waals surface area contributed by atoms with Crippen molar-refractivity contribution in [2.24, 2.45) is 0 Å². The van der Waals surface area contributed by atoms with E-state index in [1.54, 1.807) is 46.8 Å². The summed E-state index contributed by atoms with van der Waals surface area (Å²) in [5.41, 5.74) is -0.0557. The van der Waals surface area contributed by atoms with Gasteiger partial charge in [-0.05, 0) is 53.0 Å². The minimum atomic E-state index is -1.85. The molecule has 15 heteroatoms. The van der Waals surface area contributed by atoms with Crippen molar-refractivity contribution in [3.63, 3.8) is 0 Å². The zero-order valence-electron chi connectivity index (χ0n) is 24.6. The smallest absolute Gasteiger partial charge is 0.408 e. The lowest BCUT2D eigenvalue weighted by Crippen LogP contribution is -2.68. The number of aliphatic hydroxyl groups excluding tert-OH is 1. The maximum Gasteiger partial charge on any atom is 0.408 e. The molecule has 0 saturated carbocycles. The fourth-order valence-corrected chi connectivity index (χ4v) is 4.73. The maximum absolute atomic E-state index is 13.1. The van der Waals surface area contributed by atoms with E-state index in [2.05, 4.69) is 10.6 Å². The summed E-state index contributed by atoms with van der Waals surface area (Å²) >= 11 is 17.1. The van der Waals surface area contributed by atoms with Crippen LogP contribution in [0.5, 0.6) is 0 Å². The number of halogens is 3. The molecule has 3 N–H and O–H groups in total. The van der Waals surface area contributed by atoms with Gasteiger partial charge in [-0.1, -0.05) is 65.1 Å². The number of esters is 1. The van der Waals surface area contributed by atoms with Crippen molar-refractivity contribution in [3.05, 3.63) is 35.9 Å². The van der Waals surface area contributed by atoms with Crippen LogP contribution in [0.3, 0.4) is 0 Å². The minimum absolute atomic E-state index is 0.00374. The Labute approximate surface area is 265 Å². The molecule has 43 heavy (non-hydrogen) atoms. The van der Waals surface area contributed by atoms with Crippen LogP contribution in [0.1, 0.15) is 53.0 Å². The summed E-state index contributed by atoms with van der Waals surface area (Å²) in [7, 11) is 0. The Balaban J connectivity index is 1.76. The third kappa shape index (κ3) is 11.8. The molecule has 2 saturated heterocycles. The van der Waals surface area contributed by atoms with Crippen molar-refractivity contribution in [2.75, 3.05) is 13.2 Å². The Bertz CT molecular complexity index is 1100. The number of ether oxygens (including phenoxy) is 6. The van der Waals surface area contributed by atoms with Crippen LogP contribution in [0, 0.1) is 0 Å². The molecule has 5 unspecified atom stereocenters. The quantitative estimate of drug-likeness (QED) is 0.199. The minimum Gasteiger partial charge on any atom is -0.459 e. The first-order valence-electron chi connectivity index (χ1n) is 13.8. The van der Waals surface area contributed by atoms with Crippen LogP contribution < -0.4 is 10.6 Å². The first-order valence-corrected chi connectivity index (χ1v) is 14.9. The van der Waals surface area contributed by atoms with Gasteiger partial charge in [0.15, 0.2) is 5.79 Å². The summed E-state index contributed by atoms with van der Waals surface area (Å²) in [4.78, 5) is 38.3. The van der Waals surface area contributed by atoms with E-state index in [1.807, 2.05) is 18.2 Å². The fraction of sp³-hybridized carbons (Fsp3) is 0.679. The summed E-state index contributed by atoms with van der Waals surface area (Å²) in [6.45, 7) is 7.99. The van der Waals surface area contributed by atoms with E-state index in [0.29, 0.717) is 0 Å². The van der Waals surface area contributed by atoms with Crippen LogP contribution in [-0.4, -0.2) is 88.2 Å². The number of carbonyl (C=O) groups is 3. The number of benzene rings is 1. The molecule has 242 valence electrons. The van der Waals surface area contributed by atoms with Gasteiger partial charge in [0, 0.05) is 0 Å². The number of hydrogen-bond acceptors (Lipinski definition) is 10. The Morgan fingerprint density at radius 1 is 1.09 bits per heavy atom. The summed E-state index contributed by atoms with van der Waals surface area (Å²) in [5.74, 6) is -1.72. The summed E-state index contributed by atoms with van der Waals surface area (Å²) in [6, 6.07) is 6.83. The number of rotatable bonds is 9. The van der Waals surface area contributed by atoms with Gasteiger partial charge in [0.1, 0.15) is 43.2 Å². The van der Waals surface area contributed by atoms with Crippen LogP contribution in [0.15, 0.2) is 30.3 Å². The number of fused-ring (bicyclic) bond motifs is 1. The third-order valence-electron chi connectivity index (χ3n) is 6.43. The molecule has 0 aromatic heterocycles. The number of hydrogen-bond donors (Lipinski definition) is 3. The summed E-state index contributed by atoms with van der Waals surface area (Å²) in [5, 5.41) is 16.4. The molecule has 2 amide bonds. The highest BCUT2D eigenvalue weighted by Crippen LogP contribution is 2.34. The summed E-state index contributed by atoms with van der Waals surface area (Å²) in [6.07, 6.45) is -5.42. The van der Waals surface area contributed by atoms with Gasteiger partial charge in [-0.2, -0.15) is 0 Å². The van der Waals surface area contributed by atoms with E-state index >= 15 is 0 Å². The second-order valence-electron chi connectivity index (χ2n) is 11.7. The lowest BCUT2D eigenvalue weighted by atomic mass is 9.89. The van der Waals surface area contributed by atoms with Crippen LogP contribution >= 0.6 is 34.8 Å². The van der Waals surface area contributed by atoms with E-state index in [9.17, 15) is 19.5 Å². The van der Waals surface area contributed by atoms with Gasteiger partial charge in [-0.25, -0.2) is 14.4 Å². The molecule has 0 radical (unpaired) electrons. The molecule has 1 aromatic rings. The largest absolute Gasteiger partial charge is 0.459 e. The molecule has 2 aliphatic heterocycles. The molecule has 0 bridgehead atoms. The molecule has 2 fully saturated rings. The Morgan fingerprint density at radius 2 is 1.77 bits per heavy atom. The number of aliphatic hydroxyl groups is 1. The highest BCUT2D eigenvalue weighted by Gasteiger charge is 2.51. The monoisotopic (exact) mass is 668 g/mol. The van der Waals surface area contributed by atoms with E-state index < -0.39 is 76.4 Å². The Hall–Kier alpha value is -2.06. The highest BCUT2D eigenvalue weighted by atomic mass is 35.6. The van der Waals surface area contributed by atoms with Crippen molar-refractivity contribution in [1.82, 2.24) is 10.6 Å². The van der Waals surface area contributed by atoms with E-state index in [4.69, 9.17) is 63.2 Å². The number of amides is 2. The summed E-state index contributed by atoms with van der Waals surface area (Å²) < 4.78 is 31.8. The van der Waals surface area contributed by atoms with Gasteiger partial charge in [-0.3, -0.25) is 0 Å². The SMILES string of the molecule is CC(C)(C)OC(=O)N[C@@H](CCC1OC2COC(C)(C)OC2C(O)C1NC(=O)OCC(Cl)(Cl)Cl)C(=O)OCc1ccccc1. The normalized spacial score (nSPS) is 25.9. The Morgan fingerprint density at radius 3 is 2.40 bits per heavy atom. The lowest BCUT2D eigenvalue weighted by molar-refractivity contribution is -0.348. The molecule has 3 rings (SSSR count). The van der Waals surface area contributed by atoms with Crippen LogP contribution in [-0.2, 0) is 39.8 Å². The van der Waals surface area contributed by atoms with Crippen LogP contribution in [0.25, 0.3) is 0 Å². The standard InChI is InChI=1S/C28H39Cl3N2O10/c1-26(2,3)43-25(37)32-17(23(35)38-13-16-9-7-6-8-10-16)11-12-18-20(33-24(36)39-15-28(29,30)31)21(34)22-19(41-18)14-40-27(4,5)42-22/h6-10,17-22,34H,11-15H2,1-5H3,(H,32,37)(H,33,36)/t17-,18?,19?,20?,21?,22?/m0/s1. The molecular formula is C28H39Cl3N2O10. The fourth-order valence-electron chi connectivity index (χ4n) is 4.57. The predicted octanol–water partition coefficient (Wildman–Crippen LogP) is 4.15. The van der Waals surface area contributed by atoms with Crippen LogP contribution in [0.2, 0.25) is 0 Å². The van der Waals surface area contributed by atoms with E-state index in [-0.39, 0.29) is 26.1 Å². The molecule has 12 nitrogen and oxygen atoms in total. The van der Waals surface area contributed by atoms with Gasteiger partial charge >= 0.3 is 18.2 Å². The molecule has 0 aliphatic carbocycles. The van der Waals surface area contributed by atoms with Crippen molar-refractivity contribution in [1.29, 1.82) is 0 Å². The highest BCUT2D eigenvalue weighted by molar-refractivity contribution is 6.67. The third-order valence-corrected chi connectivity index (χ3v) is 6.75. The van der Waals surface area contributed by atoms with E-state index in [1.165, 1.54) is 0 Å². The van der Waals surface area contributed by atoms with Crippen molar-refractivity contribution in [3.8, 4) is 0 Å². The zero-order valence-corrected chi connectivity index (χ0v) is 26.9. The van der Waals surface area contributed by atoms with Crippen molar-refractivity contribution < 1.29 is 47.9 Å². The van der Waals surface area contributed by atoms with Gasteiger partial charge in [0.2, 0.25) is 3.79 Å². The van der Waals surface area contributed by atoms with Crippen molar-refractivity contribution >= 4 is 53.0 Å². The Kier molecular flexibility index (Phi) is 12.2. The van der Waals surface area contributed by atoms with E-state index in [0.717, 1.165) is 5.56 Å². The number of alkyl carbamates (subject to hydrolysis) is 2. The first-order chi connectivity index (χ1) is 19.9. The van der Waals surface area contributed by atoms with Gasteiger partial charge in [0.25, 0.3) is 0 Å².